The van der Waals surface area contributed by atoms with Crippen molar-refractivity contribution in [2.24, 2.45) is 36.1 Å². The first kappa shape index (κ1) is 40.7. The molecule has 4 aliphatic rings. The molecule has 2 saturated heterocycles. The number of rotatable bonds is 5. The highest BCUT2D eigenvalue weighted by atomic mass is 35.5. The van der Waals surface area contributed by atoms with Crippen LogP contribution in [0, 0.1) is 36.0 Å². The SMILES string of the molecule is COc1ccc([C@H]2C3=CC[C@@H]4C(=O)N(c5cc(C(F)(F)F)cc(C(F)(F)F)c5)C(=O)[C@@H]4[C@@H]3C[C@H]3C(=O)N(c4cc(-c5sc6ccc(Cl)cc6c5C)nn4C)C(=O)[C@@]23C)c(O)c1. The van der Waals surface area contributed by atoms with Crippen LogP contribution in [-0.2, 0) is 38.6 Å². The summed E-state index contributed by atoms with van der Waals surface area (Å²) in [6.45, 7) is 3.51. The number of nitrogens with zero attached hydrogens (tertiary/aromatic N) is 4. The molecule has 3 fully saturated rings. The third-order valence-electron chi connectivity index (χ3n) is 12.9. The number of fused-ring (bicyclic) bond motifs is 5. The van der Waals surface area contributed by atoms with E-state index >= 15 is 4.79 Å². The Morgan fingerprint density at radius 3 is 2.21 bits per heavy atom. The zero-order valence-electron chi connectivity index (χ0n) is 32.5. The molecule has 3 aromatic carbocycles. The maximum Gasteiger partial charge on any atom is 0.416 e. The lowest BCUT2D eigenvalue weighted by Gasteiger charge is -2.49. The normalized spacial score (nSPS) is 25.3. The molecule has 9 rings (SSSR count). The molecular weight excluding hydrogens is 850 g/mol. The van der Waals surface area contributed by atoms with Gasteiger partial charge in [-0.1, -0.05) is 29.3 Å². The number of aryl methyl sites for hydroxylation is 2. The molecule has 5 aromatic rings. The van der Waals surface area contributed by atoms with Gasteiger partial charge >= 0.3 is 12.4 Å². The van der Waals surface area contributed by atoms with Gasteiger partial charge in [0.2, 0.25) is 23.6 Å². The van der Waals surface area contributed by atoms with Crippen LogP contribution in [0.15, 0.2) is 72.3 Å². The number of allylic oxidation sites excluding steroid dienone is 2. The maximum absolute atomic E-state index is 15.1. The Morgan fingerprint density at radius 1 is 0.885 bits per heavy atom. The van der Waals surface area contributed by atoms with Crippen LogP contribution < -0.4 is 14.5 Å². The summed E-state index contributed by atoms with van der Waals surface area (Å²) in [5, 5.41) is 17.7. The van der Waals surface area contributed by atoms with Crippen LogP contribution >= 0.6 is 22.9 Å². The molecule has 0 radical (unpaired) electrons. The number of imide groups is 2. The smallest absolute Gasteiger partial charge is 0.416 e. The Bertz CT molecular complexity index is 2760. The van der Waals surface area contributed by atoms with Gasteiger partial charge in [-0.05, 0) is 86.0 Å². The van der Waals surface area contributed by atoms with Gasteiger partial charge in [-0.3, -0.25) is 23.9 Å². The number of benzene rings is 3. The molecule has 4 heterocycles. The van der Waals surface area contributed by atoms with Crippen LogP contribution in [0.3, 0.4) is 0 Å². The summed E-state index contributed by atoms with van der Waals surface area (Å²) in [6.07, 6.45) is -9.18. The van der Waals surface area contributed by atoms with E-state index in [4.69, 9.17) is 21.4 Å². The van der Waals surface area contributed by atoms with E-state index in [1.807, 2.05) is 19.1 Å². The predicted molar refractivity (Wildman–Crippen MR) is 212 cm³/mol. The van der Waals surface area contributed by atoms with Crippen molar-refractivity contribution < 1.29 is 55.4 Å². The van der Waals surface area contributed by atoms with Crippen molar-refractivity contribution in [3.63, 3.8) is 0 Å². The largest absolute Gasteiger partial charge is 0.508 e. The zero-order chi connectivity index (χ0) is 43.8. The average Bonchev–Trinajstić information content (AvgIpc) is 3.87. The highest BCUT2D eigenvalue weighted by molar-refractivity contribution is 7.22. The molecule has 1 saturated carbocycles. The van der Waals surface area contributed by atoms with Crippen LogP contribution in [-0.4, -0.2) is 45.6 Å². The van der Waals surface area contributed by atoms with Gasteiger partial charge in [-0.2, -0.15) is 31.4 Å². The Kier molecular flexibility index (Phi) is 9.12. The molecule has 0 unspecified atom stereocenters. The van der Waals surface area contributed by atoms with E-state index in [2.05, 4.69) is 0 Å². The zero-order valence-corrected chi connectivity index (χ0v) is 34.1. The molecule has 6 atom stereocenters. The van der Waals surface area contributed by atoms with Gasteiger partial charge in [-0.25, -0.2) is 9.80 Å². The van der Waals surface area contributed by atoms with E-state index in [1.165, 1.54) is 35.3 Å². The van der Waals surface area contributed by atoms with Gasteiger partial charge in [0.15, 0.2) is 0 Å². The van der Waals surface area contributed by atoms with E-state index in [0.717, 1.165) is 25.4 Å². The molecule has 316 valence electrons. The Morgan fingerprint density at radius 2 is 1.57 bits per heavy atom. The van der Waals surface area contributed by atoms with Crippen molar-refractivity contribution in [3.05, 3.63) is 99.6 Å². The number of hydrogen-bond acceptors (Lipinski definition) is 8. The average molecular weight is 883 g/mol. The number of alkyl halides is 6. The number of ether oxygens (including phenoxy) is 1. The summed E-state index contributed by atoms with van der Waals surface area (Å²) in [5.41, 5.74) is -3.89. The second-order valence-corrected chi connectivity index (χ2v) is 17.6. The molecule has 2 aromatic heterocycles. The van der Waals surface area contributed by atoms with Gasteiger partial charge in [0.1, 0.15) is 23.0 Å². The minimum absolute atomic E-state index is 0.0888. The summed E-state index contributed by atoms with van der Waals surface area (Å²) in [5.74, 6) is -8.98. The maximum atomic E-state index is 15.1. The first-order valence-electron chi connectivity index (χ1n) is 19.0. The van der Waals surface area contributed by atoms with Crippen molar-refractivity contribution >= 4 is 68.2 Å². The lowest BCUT2D eigenvalue weighted by Crippen LogP contribution is -2.49. The number of anilines is 2. The van der Waals surface area contributed by atoms with Crippen molar-refractivity contribution in [2.45, 2.75) is 45.0 Å². The van der Waals surface area contributed by atoms with Gasteiger partial charge in [0.05, 0.1) is 52.0 Å². The molecule has 61 heavy (non-hydrogen) atoms. The molecule has 2 aliphatic carbocycles. The summed E-state index contributed by atoms with van der Waals surface area (Å²) in [7, 11) is 2.97. The Balaban J connectivity index is 1.15. The van der Waals surface area contributed by atoms with Crippen molar-refractivity contribution in [3.8, 4) is 22.1 Å². The number of carbonyl (C=O) groups excluding carboxylic acids is 4. The fourth-order valence-corrected chi connectivity index (χ4v) is 11.3. The number of aromatic nitrogens is 2. The topological polar surface area (TPSA) is 122 Å². The van der Waals surface area contributed by atoms with E-state index in [-0.39, 0.29) is 41.8 Å². The first-order valence-corrected chi connectivity index (χ1v) is 20.2. The third-order valence-corrected chi connectivity index (χ3v) is 14.4. The van der Waals surface area contributed by atoms with Crippen LogP contribution in [0.25, 0.3) is 20.7 Å². The second kappa shape index (κ2) is 13.7. The molecule has 0 bridgehead atoms. The number of amides is 4. The highest BCUT2D eigenvalue weighted by Crippen LogP contribution is 2.65. The first-order chi connectivity index (χ1) is 28.6. The van der Waals surface area contributed by atoms with E-state index < -0.39 is 87.8 Å². The van der Waals surface area contributed by atoms with E-state index in [1.54, 1.807) is 38.2 Å². The minimum atomic E-state index is -5.24. The van der Waals surface area contributed by atoms with Crippen molar-refractivity contribution in [2.75, 3.05) is 16.9 Å². The Hall–Kier alpha value is -5.68. The van der Waals surface area contributed by atoms with Crippen LogP contribution in [0.1, 0.15) is 47.9 Å². The number of methoxy groups -OCH3 is 1. The fourth-order valence-electron chi connectivity index (χ4n) is 10.0. The van der Waals surface area contributed by atoms with Gasteiger partial charge in [0.25, 0.3) is 0 Å². The van der Waals surface area contributed by atoms with E-state index in [0.29, 0.717) is 33.3 Å². The molecule has 2 aliphatic heterocycles. The van der Waals surface area contributed by atoms with Crippen molar-refractivity contribution in [1.29, 1.82) is 0 Å². The van der Waals surface area contributed by atoms with Gasteiger partial charge in [-0.15, -0.1) is 11.3 Å². The molecule has 18 heteroatoms. The predicted octanol–water partition coefficient (Wildman–Crippen LogP) is 9.45. The molecule has 0 spiro atoms. The third kappa shape index (κ3) is 6.01. The summed E-state index contributed by atoms with van der Waals surface area (Å²) in [4.78, 5) is 60.7. The monoisotopic (exact) mass is 882 g/mol. The summed E-state index contributed by atoms with van der Waals surface area (Å²) < 4.78 is 91.2. The second-order valence-electron chi connectivity index (χ2n) is 16.1. The van der Waals surface area contributed by atoms with Crippen molar-refractivity contribution in [1.82, 2.24) is 9.78 Å². The van der Waals surface area contributed by atoms with Gasteiger partial charge < -0.3 is 9.84 Å². The number of carbonyl (C=O) groups is 4. The van der Waals surface area contributed by atoms with Crippen LogP contribution in [0.4, 0.5) is 37.8 Å². The lowest BCUT2D eigenvalue weighted by atomic mass is 9.51. The number of phenols is 1. The number of hydrogen-bond donors (Lipinski definition) is 1. The number of phenolic OH excluding ortho intramolecular Hbond substituents is 1. The van der Waals surface area contributed by atoms with Crippen LogP contribution in [0.2, 0.25) is 5.02 Å². The fraction of sp³-hybridized carbons (Fsp3) is 0.326. The molecule has 4 amide bonds. The molecule has 10 nitrogen and oxygen atoms in total. The standard InChI is InChI=1S/C43H33ClF6N4O6S/c1-18-27-14-21(44)5-10-32(27)61-36(18)30-17-33(52(3)51-30)54-38(57)29-16-28-24(35(41(29,2)40(54)59)25-7-6-23(60-4)15-31(25)55)8-9-26-34(28)39(58)53(37(26)56)22-12-19(42(45,46)47)11-20(13-22)43(48,49)50/h5-8,10-15,17,26,28-29,34-35,55H,9,16H2,1-4H3/t26-,28+,29-,34-,35+,41+/m0/s1. The van der Waals surface area contributed by atoms with Gasteiger partial charge in [0, 0.05) is 40.4 Å². The van der Waals surface area contributed by atoms with Crippen LogP contribution in [0.5, 0.6) is 11.5 Å². The summed E-state index contributed by atoms with van der Waals surface area (Å²) >= 11 is 7.73. The minimum Gasteiger partial charge on any atom is -0.508 e. The number of thiophene rings is 1. The summed E-state index contributed by atoms with van der Waals surface area (Å²) in [6, 6.07) is 12.1. The van der Waals surface area contributed by atoms with E-state index in [9.17, 15) is 45.8 Å². The molecule has 1 N–H and O–H groups in total. The quantitative estimate of drug-likeness (QED) is 0.106. The molecular formula is C43H33ClF6N4O6S. The highest BCUT2D eigenvalue weighted by Gasteiger charge is 2.68. The number of halogens is 7. The Labute approximate surface area is 351 Å². The lowest BCUT2D eigenvalue weighted by molar-refractivity contribution is -0.143. The number of aromatic hydroxyl groups is 1.